The van der Waals surface area contributed by atoms with Crippen LogP contribution in [0.25, 0.3) is 16.5 Å². The lowest BCUT2D eigenvalue weighted by Gasteiger charge is -2.03. The molecule has 0 aliphatic carbocycles. The Morgan fingerprint density at radius 1 is 1.33 bits per heavy atom. The first kappa shape index (κ1) is 10.0. The molecule has 0 atom stereocenters. The summed E-state index contributed by atoms with van der Waals surface area (Å²) in [6.45, 7) is 8.49. The molecule has 0 fully saturated rings. The SMILES string of the molecule is C=C(CCC)c1c(C)[nH]c2ccccc12. The number of para-hydroxylation sites is 1. The molecule has 15 heavy (non-hydrogen) atoms. The third-order valence-corrected chi connectivity index (χ3v) is 2.80. The standard InChI is InChI=1S/C14H17N/c1-4-7-10(2)14-11(3)15-13-9-6-5-8-12(13)14/h5-6,8-9,15H,2,4,7H2,1,3H3. The van der Waals surface area contributed by atoms with Crippen LogP contribution in [-0.2, 0) is 0 Å². The van der Waals surface area contributed by atoms with Crippen molar-refractivity contribution in [3.8, 4) is 0 Å². The predicted octanol–water partition coefficient (Wildman–Crippen LogP) is 4.29. The number of aromatic nitrogens is 1. The summed E-state index contributed by atoms with van der Waals surface area (Å²) in [4.78, 5) is 3.41. The molecule has 0 radical (unpaired) electrons. The summed E-state index contributed by atoms with van der Waals surface area (Å²) < 4.78 is 0. The maximum absolute atomic E-state index is 4.18. The van der Waals surface area contributed by atoms with Gasteiger partial charge in [-0.25, -0.2) is 0 Å². The highest BCUT2D eigenvalue weighted by atomic mass is 14.7. The topological polar surface area (TPSA) is 15.8 Å². The van der Waals surface area contributed by atoms with Crippen molar-refractivity contribution in [2.24, 2.45) is 0 Å². The van der Waals surface area contributed by atoms with Crippen LogP contribution in [0.4, 0.5) is 0 Å². The third kappa shape index (κ3) is 1.70. The van der Waals surface area contributed by atoms with E-state index in [2.05, 4.69) is 49.7 Å². The summed E-state index contributed by atoms with van der Waals surface area (Å²) in [5.41, 5.74) is 5.00. The van der Waals surface area contributed by atoms with Crippen LogP contribution in [0.1, 0.15) is 31.0 Å². The predicted molar refractivity (Wildman–Crippen MR) is 67.0 cm³/mol. The molecule has 0 amide bonds. The second-order valence-electron chi connectivity index (χ2n) is 4.02. The van der Waals surface area contributed by atoms with Gasteiger partial charge < -0.3 is 4.98 Å². The van der Waals surface area contributed by atoms with Crippen LogP contribution in [-0.4, -0.2) is 4.98 Å². The Bertz CT molecular complexity index is 491. The van der Waals surface area contributed by atoms with Gasteiger partial charge in [-0.15, -0.1) is 0 Å². The van der Waals surface area contributed by atoms with Gasteiger partial charge in [0.2, 0.25) is 0 Å². The molecule has 0 aliphatic rings. The average molecular weight is 199 g/mol. The Morgan fingerprint density at radius 3 is 2.80 bits per heavy atom. The maximum Gasteiger partial charge on any atom is 0.0462 e. The number of hydrogen-bond acceptors (Lipinski definition) is 0. The van der Waals surface area contributed by atoms with Crippen LogP contribution in [0.5, 0.6) is 0 Å². The molecular weight excluding hydrogens is 182 g/mol. The van der Waals surface area contributed by atoms with Crippen LogP contribution >= 0.6 is 0 Å². The van der Waals surface area contributed by atoms with Gasteiger partial charge in [0.05, 0.1) is 0 Å². The molecule has 1 aromatic heterocycles. The minimum absolute atomic E-state index is 1.07. The monoisotopic (exact) mass is 199 g/mol. The van der Waals surface area contributed by atoms with Gasteiger partial charge in [0, 0.05) is 22.2 Å². The number of H-pyrrole nitrogens is 1. The number of aromatic amines is 1. The summed E-state index contributed by atoms with van der Waals surface area (Å²) in [6, 6.07) is 8.42. The molecule has 0 bridgehead atoms. The van der Waals surface area contributed by atoms with E-state index in [9.17, 15) is 0 Å². The Hall–Kier alpha value is -1.50. The number of allylic oxidation sites excluding steroid dienone is 1. The fourth-order valence-corrected chi connectivity index (χ4v) is 2.16. The molecule has 0 saturated heterocycles. The Labute approximate surface area is 90.8 Å². The summed E-state index contributed by atoms with van der Waals surface area (Å²) in [5, 5.41) is 1.30. The van der Waals surface area contributed by atoms with E-state index >= 15 is 0 Å². The third-order valence-electron chi connectivity index (χ3n) is 2.80. The molecule has 0 saturated carbocycles. The van der Waals surface area contributed by atoms with E-state index in [1.807, 2.05) is 0 Å². The first-order valence-corrected chi connectivity index (χ1v) is 5.49. The van der Waals surface area contributed by atoms with Gasteiger partial charge >= 0.3 is 0 Å². The smallest absolute Gasteiger partial charge is 0.0462 e. The molecule has 1 nitrogen and oxygen atoms in total. The van der Waals surface area contributed by atoms with E-state index in [4.69, 9.17) is 0 Å². The van der Waals surface area contributed by atoms with Gasteiger partial charge in [-0.2, -0.15) is 0 Å². The molecule has 0 aliphatic heterocycles. The molecular formula is C14H17N. The highest BCUT2D eigenvalue weighted by Crippen LogP contribution is 2.29. The fraction of sp³-hybridized carbons (Fsp3) is 0.286. The first-order valence-electron chi connectivity index (χ1n) is 5.49. The zero-order valence-electron chi connectivity index (χ0n) is 9.43. The van der Waals surface area contributed by atoms with Crippen molar-refractivity contribution in [1.82, 2.24) is 4.98 Å². The van der Waals surface area contributed by atoms with Crippen molar-refractivity contribution in [3.63, 3.8) is 0 Å². The number of nitrogens with one attached hydrogen (secondary N) is 1. The highest BCUT2D eigenvalue weighted by molar-refractivity contribution is 5.93. The van der Waals surface area contributed by atoms with Gasteiger partial charge in [0.1, 0.15) is 0 Å². The lowest BCUT2D eigenvalue weighted by molar-refractivity contribution is 0.974. The molecule has 1 heterocycles. The summed E-state index contributed by atoms with van der Waals surface area (Å²) >= 11 is 0. The van der Waals surface area contributed by atoms with Crippen LogP contribution in [0.3, 0.4) is 0 Å². The number of aryl methyl sites for hydroxylation is 1. The summed E-state index contributed by atoms with van der Waals surface area (Å²) in [5.74, 6) is 0. The quantitative estimate of drug-likeness (QED) is 0.759. The number of fused-ring (bicyclic) bond motifs is 1. The lowest BCUT2D eigenvalue weighted by Crippen LogP contribution is -1.84. The first-order chi connectivity index (χ1) is 7.24. The van der Waals surface area contributed by atoms with Crippen LogP contribution in [0.2, 0.25) is 0 Å². The molecule has 1 aromatic carbocycles. The zero-order valence-corrected chi connectivity index (χ0v) is 9.43. The second-order valence-corrected chi connectivity index (χ2v) is 4.02. The normalized spacial score (nSPS) is 10.8. The van der Waals surface area contributed by atoms with Gasteiger partial charge in [-0.05, 0) is 25.0 Å². The van der Waals surface area contributed by atoms with Gasteiger partial charge in [-0.3, -0.25) is 0 Å². The molecule has 1 N–H and O–H groups in total. The van der Waals surface area contributed by atoms with Crippen molar-refractivity contribution in [1.29, 1.82) is 0 Å². The van der Waals surface area contributed by atoms with Gasteiger partial charge in [0.25, 0.3) is 0 Å². The van der Waals surface area contributed by atoms with Crippen LogP contribution in [0.15, 0.2) is 30.8 Å². The second kappa shape index (κ2) is 3.93. The molecule has 0 unspecified atom stereocenters. The largest absolute Gasteiger partial charge is 0.358 e. The van der Waals surface area contributed by atoms with Crippen molar-refractivity contribution in [2.45, 2.75) is 26.7 Å². The van der Waals surface area contributed by atoms with Gasteiger partial charge in [-0.1, -0.05) is 38.1 Å². The molecule has 0 spiro atoms. The van der Waals surface area contributed by atoms with E-state index in [0.717, 1.165) is 12.8 Å². The fourth-order valence-electron chi connectivity index (χ4n) is 2.16. The number of hydrogen-bond donors (Lipinski definition) is 1. The molecule has 2 aromatic rings. The maximum atomic E-state index is 4.18. The minimum Gasteiger partial charge on any atom is -0.358 e. The number of benzene rings is 1. The average Bonchev–Trinajstić information content (AvgIpc) is 2.54. The van der Waals surface area contributed by atoms with Crippen molar-refractivity contribution < 1.29 is 0 Å². The van der Waals surface area contributed by atoms with E-state index in [1.165, 1.54) is 27.7 Å². The van der Waals surface area contributed by atoms with Crippen LogP contribution in [0, 0.1) is 6.92 Å². The minimum atomic E-state index is 1.07. The van der Waals surface area contributed by atoms with Crippen molar-refractivity contribution in [2.75, 3.05) is 0 Å². The van der Waals surface area contributed by atoms with Crippen LogP contribution < -0.4 is 0 Å². The van der Waals surface area contributed by atoms with E-state index in [1.54, 1.807) is 0 Å². The lowest BCUT2D eigenvalue weighted by atomic mass is 10.0. The zero-order chi connectivity index (χ0) is 10.8. The van der Waals surface area contributed by atoms with E-state index < -0.39 is 0 Å². The molecule has 1 heteroatoms. The van der Waals surface area contributed by atoms with Gasteiger partial charge in [0.15, 0.2) is 0 Å². The van der Waals surface area contributed by atoms with E-state index in [-0.39, 0.29) is 0 Å². The molecule has 2 rings (SSSR count). The van der Waals surface area contributed by atoms with Crippen molar-refractivity contribution in [3.05, 3.63) is 42.1 Å². The Balaban J connectivity index is 2.58. The molecule has 78 valence electrons. The summed E-state index contributed by atoms with van der Waals surface area (Å²) in [6.07, 6.45) is 2.22. The highest BCUT2D eigenvalue weighted by Gasteiger charge is 2.09. The van der Waals surface area contributed by atoms with Crippen molar-refractivity contribution >= 4 is 16.5 Å². The Morgan fingerprint density at radius 2 is 2.07 bits per heavy atom. The number of rotatable bonds is 3. The Kier molecular flexibility index (Phi) is 2.63. The van der Waals surface area contributed by atoms with E-state index in [0.29, 0.717) is 0 Å². The summed E-state index contributed by atoms with van der Waals surface area (Å²) in [7, 11) is 0.